The lowest BCUT2D eigenvalue weighted by atomic mass is 9.91. The van der Waals surface area contributed by atoms with Crippen LogP contribution in [0, 0.1) is 5.92 Å². The minimum Gasteiger partial charge on any atom is -0.508 e. The molecule has 0 fully saturated rings. The number of aliphatic carboxylic acids is 1. The zero-order valence-electron chi connectivity index (χ0n) is 11.2. The number of nitrogens with zero attached hydrogens (tertiary/aromatic N) is 2. The summed E-state index contributed by atoms with van der Waals surface area (Å²) in [6.45, 7) is 0. The number of carboxylic acids is 1. The molecule has 4 N–H and O–H groups in total. The molecule has 22 heavy (non-hydrogen) atoms. The van der Waals surface area contributed by atoms with Crippen LogP contribution >= 0.6 is 0 Å². The molecule has 1 amide bonds. The van der Waals surface area contributed by atoms with Gasteiger partial charge in [0.05, 0.1) is 6.04 Å². The average Bonchev–Trinajstić information content (AvgIpc) is 3.00. The van der Waals surface area contributed by atoms with Gasteiger partial charge in [0.25, 0.3) is 0 Å². The van der Waals surface area contributed by atoms with Crippen LogP contribution in [0.15, 0.2) is 41.5 Å². The van der Waals surface area contributed by atoms with Gasteiger partial charge in [-0.1, -0.05) is 12.1 Å². The van der Waals surface area contributed by atoms with Crippen LogP contribution < -0.4 is 5.32 Å². The number of aromatic hydroxyl groups is 1. The summed E-state index contributed by atoms with van der Waals surface area (Å²) in [5, 5.41) is 27.8. The summed E-state index contributed by atoms with van der Waals surface area (Å²) in [5.74, 6) is -3.12. The summed E-state index contributed by atoms with van der Waals surface area (Å²) in [5.41, 5.74) is 0.918. The van der Waals surface area contributed by atoms with E-state index in [1.807, 2.05) is 0 Å². The summed E-state index contributed by atoms with van der Waals surface area (Å²) < 4.78 is 0. The summed E-state index contributed by atoms with van der Waals surface area (Å²) in [7, 11) is 0. The molecule has 2 atom stereocenters. The minimum atomic E-state index is -1.37. The Labute approximate surface area is 124 Å². The van der Waals surface area contributed by atoms with Crippen molar-refractivity contribution in [3.8, 4) is 5.75 Å². The Morgan fingerprint density at radius 2 is 2.09 bits per heavy atom. The van der Waals surface area contributed by atoms with Crippen molar-refractivity contribution in [3.63, 3.8) is 0 Å². The van der Waals surface area contributed by atoms with E-state index in [4.69, 9.17) is 0 Å². The normalized spacial score (nSPS) is 21.1. The van der Waals surface area contributed by atoms with E-state index in [9.17, 15) is 19.8 Å². The fourth-order valence-electron chi connectivity index (χ4n) is 2.33. The number of rotatable bonds is 3. The Balaban J connectivity index is 2.09. The fourth-order valence-corrected chi connectivity index (χ4v) is 2.33. The number of amides is 1. The van der Waals surface area contributed by atoms with E-state index >= 15 is 0 Å². The molecule has 3 rings (SSSR count). The lowest BCUT2D eigenvalue weighted by Crippen LogP contribution is -2.46. The summed E-state index contributed by atoms with van der Waals surface area (Å²) >= 11 is 0. The second kappa shape index (κ2) is 5.32. The number of carbonyl (C=O) groups is 2. The van der Waals surface area contributed by atoms with Crippen LogP contribution in [0.1, 0.15) is 17.3 Å². The van der Waals surface area contributed by atoms with Gasteiger partial charge in [0.2, 0.25) is 5.91 Å². The number of benzene rings is 1. The zero-order chi connectivity index (χ0) is 15.7. The Hall–Kier alpha value is -3.16. The number of aromatic nitrogens is 2. The third-order valence-corrected chi connectivity index (χ3v) is 3.34. The topological polar surface area (TPSA) is 128 Å². The predicted molar refractivity (Wildman–Crippen MR) is 75.2 cm³/mol. The smallest absolute Gasteiger partial charge is 0.318 e. The number of hydrogen-bond acceptors (Lipinski definition) is 5. The minimum absolute atomic E-state index is 0.0223. The first-order valence-electron chi connectivity index (χ1n) is 6.46. The summed E-state index contributed by atoms with van der Waals surface area (Å²) in [6.07, 6.45) is 1.50. The van der Waals surface area contributed by atoms with Gasteiger partial charge in [0.15, 0.2) is 11.8 Å². The molecule has 8 nitrogen and oxygen atoms in total. The quantitative estimate of drug-likeness (QED) is 0.611. The largest absolute Gasteiger partial charge is 0.508 e. The highest BCUT2D eigenvalue weighted by molar-refractivity contribution is 6.13. The molecule has 1 aromatic heterocycles. The highest BCUT2D eigenvalue weighted by atomic mass is 16.4. The molecule has 1 aliphatic heterocycles. The number of aliphatic imine (C=N–C) groups is 1. The van der Waals surface area contributed by atoms with Crippen molar-refractivity contribution < 1.29 is 19.8 Å². The Morgan fingerprint density at radius 3 is 2.73 bits per heavy atom. The molecule has 0 spiro atoms. The average molecular weight is 300 g/mol. The first kappa shape index (κ1) is 13.8. The summed E-state index contributed by atoms with van der Waals surface area (Å²) in [4.78, 5) is 27.9. The van der Waals surface area contributed by atoms with Crippen molar-refractivity contribution in [2.45, 2.75) is 6.04 Å². The number of nitrogens with one attached hydrogen (secondary N) is 2. The number of H-pyrrole nitrogens is 1. The van der Waals surface area contributed by atoms with Crippen LogP contribution in [0.5, 0.6) is 5.75 Å². The molecule has 2 unspecified atom stereocenters. The van der Waals surface area contributed by atoms with Gasteiger partial charge >= 0.3 is 5.97 Å². The lowest BCUT2D eigenvalue weighted by Gasteiger charge is -2.26. The first-order valence-corrected chi connectivity index (χ1v) is 6.46. The predicted octanol–water partition coefficient (Wildman–Crippen LogP) is 0.434. The standard InChI is InChI=1S/C14H12N4O4/c19-8-3-1-2-7(6-8)11-10(14(21)22)13(20)17-12(16-11)9-4-5-15-18-9/h1-6,10-11,19H,(H,15,18)(H,21,22)(H,16,17,20). The number of carboxylic acid groups (broad SMARTS) is 1. The Kier molecular flexibility index (Phi) is 3.34. The van der Waals surface area contributed by atoms with Gasteiger partial charge in [-0.2, -0.15) is 5.10 Å². The molecule has 0 saturated heterocycles. The van der Waals surface area contributed by atoms with Crippen molar-refractivity contribution in [1.29, 1.82) is 0 Å². The van der Waals surface area contributed by atoms with Crippen LogP contribution in [0.2, 0.25) is 0 Å². The molecule has 8 heteroatoms. The molecule has 0 radical (unpaired) electrons. The number of phenolic OH excluding ortho intramolecular Hbond substituents is 1. The molecule has 2 heterocycles. The van der Waals surface area contributed by atoms with Crippen molar-refractivity contribution in [3.05, 3.63) is 47.8 Å². The number of aromatic amines is 1. The molecular weight excluding hydrogens is 288 g/mol. The van der Waals surface area contributed by atoms with Crippen molar-refractivity contribution in [1.82, 2.24) is 15.5 Å². The first-order chi connectivity index (χ1) is 10.6. The molecular formula is C14H12N4O4. The third kappa shape index (κ3) is 2.41. The maximum Gasteiger partial charge on any atom is 0.318 e. The van der Waals surface area contributed by atoms with Gasteiger partial charge in [0.1, 0.15) is 11.4 Å². The fraction of sp³-hybridized carbons (Fsp3) is 0.143. The third-order valence-electron chi connectivity index (χ3n) is 3.34. The van der Waals surface area contributed by atoms with Crippen molar-refractivity contribution in [2.75, 3.05) is 0 Å². The molecule has 0 bridgehead atoms. The van der Waals surface area contributed by atoms with Gasteiger partial charge < -0.3 is 15.5 Å². The van der Waals surface area contributed by atoms with E-state index in [0.29, 0.717) is 11.3 Å². The molecule has 1 aromatic carbocycles. The highest BCUT2D eigenvalue weighted by Gasteiger charge is 2.40. The Bertz CT molecular complexity index is 754. The molecule has 0 aliphatic carbocycles. The zero-order valence-corrected chi connectivity index (χ0v) is 11.2. The Morgan fingerprint density at radius 1 is 1.27 bits per heavy atom. The number of hydrogen-bond donors (Lipinski definition) is 4. The van der Waals surface area contributed by atoms with E-state index in [2.05, 4.69) is 20.5 Å². The van der Waals surface area contributed by atoms with Gasteiger partial charge in [0, 0.05) is 6.20 Å². The maximum atomic E-state index is 12.1. The van der Waals surface area contributed by atoms with Crippen LogP contribution in [-0.4, -0.2) is 38.1 Å². The van der Waals surface area contributed by atoms with E-state index in [0.717, 1.165) is 0 Å². The lowest BCUT2D eigenvalue weighted by molar-refractivity contribution is -0.147. The molecule has 1 aliphatic rings. The maximum absolute atomic E-state index is 12.1. The van der Waals surface area contributed by atoms with Crippen LogP contribution in [0.3, 0.4) is 0 Å². The van der Waals surface area contributed by atoms with E-state index in [-0.39, 0.29) is 11.6 Å². The van der Waals surface area contributed by atoms with Crippen molar-refractivity contribution in [2.24, 2.45) is 10.9 Å². The number of amidine groups is 1. The van der Waals surface area contributed by atoms with E-state index < -0.39 is 23.8 Å². The van der Waals surface area contributed by atoms with E-state index in [1.165, 1.54) is 18.3 Å². The van der Waals surface area contributed by atoms with Gasteiger partial charge in [-0.3, -0.25) is 19.7 Å². The summed E-state index contributed by atoms with van der Waals surface area (Å²) in [6, 6.07) is 6.72. The highest BCUT2D eigenvalue weighted by Crippen LogP contribution is 2.31. The SMILES string of the molecule is O=C(O)C1C(=O)NC(c2ccn[nH]2)=NC1c1cccc(O)c1. The molecule has 112 valence electrons. The van der Waals surface area contributed by atoms with Gasteiger partial charge in [-0.25, -0.2) is 0 Å². The second-order valence-corrected chi connectivity index (χ2v) is 4.79. The van der Waals surface area contributed by atoms with Gasteiger partial charge in [-0.15, -0.1) is 0 Å². The second-order valence-electron chi connectivity index (χ2n) is 4.79. The van der Waals surface area contributed by atoms with Crippen LogP contribution in [0.4, 0.5) is 0 Å². The monoisotopic (exact) mass is 300 g/mol. The van der Waals surface area contributed by atoms with Gasteiger partial charge in [-0.05, 0) is 23.8 Å². The van der Waals surface area contributed by atoms with Crippen molar-refractivity contribution >= 4 is 17.7 Å². The van der Waals surface area contributed by atoms with Crippen LogP contribution in [-0.2, 0) is 9.59 Å². The van der Waals surface area contributed by atoms with Crippen LogP contribution in [0.25, 0.3) is 0 Å². The number of carbonyl (C=O) groups excluding carboxylic acids is 1. The van der Waals surface area contributed by atoms with E-state index in [1.54, 1.807) is 18.2 Å². The molecule has 2 aromatic rings. The molecule has 0 saturated carbocycles. The number of phenols is 1.